The van der Waals surface area contributed by atoms with Gasteiger partial charge in [0.15, 0.2) is 0 Å². The van der Waals surface area contributed by atoms with Gasteiger partial charge in [0, 0.05) is 5.56 Å². The summed E-state index contributed by atoms with van der Waals surface area (Å²) in [5.41, 5.74) is 6.93. The zero-order valence-corrected chi connectivity index (χ0v) is 9.07. The van der Waals surface area contributed by atoms with Crippen LogP contribution in [0.25, 0.3) is 6.08 Å². The molecule has 4 heteroatoms. The van der Waals surface area contributed by atoms with E-state index in [1.54, 1.807) is 24.3 Å². The van der Waals surface area contributed by atoms with E-state index in [0.717, 1.165) is 5.56 Å². The molecule has 3 N–H and O–H groups in total. The van der Waals surface area contributed by atoms with Crippen molar-refractivity contribution in [3.63, 3.8) is 0 Å². The average Bonchev–Trinajstić information content (AvgIpc) is 2.29. The Morgan fingerprint density at radius 2 is 2.31 bits per heavy atom. The average molecular weight is 218 g/mol. The Balaban J connectivity index is 2.70. The normalized spacial score (nSPS) is 10.3. The molecule has 1 rings (SSSR count). The minimum absolute atomic E-state index is 0.0308. The van der Waals surface area contributed by atoms with Crippen molar-refractivity contribution in [2.24, 2.45) is 5.73 Å². The molecule has 4 nitrogen and oxygen atoms in total. The summed E-state index contributed by atoms with van der Waals surface area (Å²) in [4.78, 5) is 10.8. The molecule has 1 aromatic carbocycles. The third kappa shape index (κ3) is 3.57. The fourth-order valence-electron chi connectivity index (χ4n) is 1.18. The Morgan fingerprint density at radius 3 is 2.94 bits per heavy atom. The number of amidine groups is 1. The third-order valence-corrected chi connectivity index (χ3v) is 2.02. The van der Waals surface area contributed by atoms with Crippen LogP contribution >= 0.6 is 0 Å². The Kier molecular flexibility index (Phi) is 4.27. The molecule has 0 aliphatic carbocycles. The first-order chi connectivity index (χ1) is 7.63. The van der Waals surface area contributed by atoms with Crippen LogP contribution in [0.5, 0.6) is 0 Å². The highest BCUT2D eigenvalue weighted by Gasteiger charge is 1.97. The summed E-state index contributed by atoms with van der Waals surface area (Å²) in [6, 6.07) is 7.24. The van der Waals surface area contributed by atoms with Crippen molar-refractivity contribution in [3.8, 4) is 0 Å². The number of carbonyl (C=O) groups excluding carboxylic acids is 1. The molecule has 0 atom stereocenters. The minimum Gasteiger partial charge on any atom is -0.469 e. The van der Waals surface area contributed by atoms with E-state index in [2.05, 4.69) is 4.74 Å². The van der Waals surface area contributed by atoms with Gasteiger partial charge in [0.1, 0.15) is 5.84 Å². The predicted octanol–water partition coefficient (Wildman–Crippen LogP) is 1.55. The van der Waals surface area contributed by atoms with E-state index in [-0.39, 0.29) is 18.2 Å². The molecular formula is C12H14N2O2. The Bertz CT molecular complexity index is 425. The van der Waals surface area contributed by atoms with Crippen molar-refractivity contribution in [2.45, 2.75) is 6.42 Å². The van der Waals surface area contributed by atoms with Crippen LogP contribution < -0.4 is 5.73 Å². The van der Waals surface area contributed by atoms with Crippen LogP contribution in [0.15, 0.2) is 30.3 Å². The molecule has 0 radical (unpaired) electrons. The number of nitrogen functional groups attached to an aromatic ring is 1. The van der Waals surface area contributed by atoms with Gasteiger partial charge in [0.25, 0.3) is 0 Å². The summed E-state index contributed by atoms with van der Waals surface area (Å²) in [6.07, 6.45) is 3.75. The predicted molar refractivity (Wildman–Crippen MR) is 63.1 cm³/mol. The minimum atomic E-state index is -0.279. The topological polar surface area (TPSA) is 76.2 Å². The maximum Gasteiger partial charge on any atom is 0.309 e. The van der Waals surface area contributed by atoms with Crippen molar-refractivity contribution in [3.05, 3.63) is 41.5 Å². The van der Waals surface area contributed by atoms with E-state index in [4.69, 9.17) is 11.1 Å². The van der Waals surface area contributed by atoms with Gasteiger partial charge in [-0.05, 0) is 11.6 Å². The number of carbonyl (C=O) groups is 1. The van der Waals surface area contributed by atoms with Crippen LogP contribution in [-0.4, -0.2) is 18.9 Å². The van der Waals surface area contributed by atoms with Gasteiger partial charge in [-0.1, -0.05) is 30.4 Å². The number of ether oxygens (including phenoxy) is 1. The summed E-state index contributed by atoms with van der Waals surface area (Å²) >= 11 is 0. The van der Waals surface area contributed by atoms with Crippen molar-refractivity contribution < 1.29 is 9.53 Å². The smallest absolute Gasteiger partial charge is 0.309 e. The number of nitrogens with two attached hydrogens (primary N) is 1. The molecule has 84 valence electrons. The van der Waals surface area contributed by atoms with Crippen LogP contribution in [0.2, 0.25) is 0 Å². The van der Waals surface area contributed by atoms with E-state index >= 15 is 0 Å². The van der Waals surface area contributed by atoms with Crippen molar-refractivity contribution in [1.82, 2.24) is 0 Å². The van der Waals surface area contributed by atoms with Gasteiger partial charge in [0.05, 0.1) is 13.5 Å². The first kappa shape index (κ1) is 12.0. The van der Waals surface area contributed by atoms with Gasteiger partial charge in [-0.3, -0.25) is 10.2 Å². The molecule has 1 aromatic rings. The first-order valence-electron chi connectivity index (χ1n) is 4.81. The molecule has 0 spiro atoms. The molecule has 0 aliphatic heterocycles. The molecule has 0 amide bonds. The van der Waals surface area contributed by atoms with Gasteiger partial charge in [0.2, 0.25) is 0 Å². The molecule has 0 saturated heterocycles. The zero-order valence-electron chi connectivity index (χ0n) is 9.07. The Morgan fingerprint density at radius 1 is 1.56 bits per heavy atom. The lowest BCUT2D eigenvalue weighted by atomic mass is 10.1. The van der Waals surface area contributed by atoms with E-state index in [0.29, 0.717) is 5.56 Å². The number of hydrogen-bond acceptors (Lipinski definition) is 3. The maximum atomic E-state index is 10.8. The number of esters is 1. The molecule has 0 bridgehead atoms. The molecule has 0 saturated carbocycles. The standard InChI is InChI=1S/C12H14N2O2/c1-16-11(15)7-3-5-9-4-2-6-10(8-9)12(13)14/h2-6,8H,7H2,1H3,(H3,13,14). The van der Waals surface area contributed by atoms with Gasteiger partial charge in [-0.15, -0.1) is 0 Å². The molecule has 0 aromatic heterocycles. The summed E-state index contributed by atoms with van der Waals surface area (Å²) in [7, 11) is 1.35. The van der Waals surface area contributed by atoms with Gasteiger partial charge in [-0.2, -0.15) is 0 Å². The molecule has 0 heterocycles. The highest BCUT2D eigenvalue weighted by atomic mass is 16.5. The van der Waals surface area contributed by atoms with Crippen LogP contribution in [0.3, 0.4) is 0 Å². The van der Waals surface area contributed by atoms with Crippen LogP contribution in [-0.2, 0) is 9.53 Å². The molecular weight excluding hydrogens is 204 g/mol. The largest absolute Gasteiger partial charge is 0.469 e. The number of methoxy groups -OCH3 is 1. The summed E-state index contributed by atoms with van der Waals surface area (Å²) < 4.78 is 4.51. The van der Waals surface area contributed by atoms with E-state index in [9.17, 15) is 4.79 Å². The SMILES string of the molecule is COC(=O)CC=Cc1cccc(C(=N)N)c1. The van der Waals surface area contributed by atoms with Crippen LogP contribution in [0, 0.1) is 5.41 Å². The second kappa shape index (κ2) is 5.70. The summed E-state index contributed by atoms with van der Waals surface area (Å²) in [5, 5.41) is 7.29. The second-order valence-corrected chi connectivity index (χ2v) is 3.22. The van der Waals surface area contributed by atoms with Gasteiger partial charge < -0.3 is 10.5 Å². The first-order valence-corrected chi connectivity index (χ1v) is 4.81. The van der Waals surface area contributed by atoms with Gasteiger partial charge in [-0.25, -0.2) is 0 Å². The molecule has 0 fully saturated rings. The zero-order chi connectivity index (χ0) is 12.0. The lowest BCUT2D eigenvalue weighted by molar-refractivity contribution is -0.139. The van der Waals surface area contributed by atoms with E-state index in [1.807, 2.05) is 12.1 Å². The van der Waals surface area contributed by atoms with Crippen molar-refractivity contribution in [1.29, 1.82) is 5.41 Å². The fraction of sp³-hybridized carbons (Fsp3) is 0.167. The fourth-order valence-corrected chi connectivity index (χ4v) is 1.18. The Labute approximate surface area is 94.2 Å². The second-order valence-electron chi connectivity index (χ2n) is 3.22. The number of nitrogens with one attached hydrogen (secondary N) is 1. The van der Waals surface area contributed by atoms with E-state index < -0.39 is 0 Å². The van der Waals surface area contributed by atoms with Crippen LogP contribution in [0.1, 0.15) is 17.5 Å². The Hall–Kier alpha value is -2.10. The summed E-state index contributed by atoms with van der Waals surface area (Å²) in [5.74, 6) is -0.248. The lowest BCUT2D eigenvalue weighted by Gasteiger charge is -1.99. The monoisotopic (exact) mass is 218 g/mol. The number of benzene rings is 1. The highest BCUT2D eigenvalue weighted by molar-refractivity contribution is 5.95. The lowest BCUT2D eigenvalue weighted by Crippen LogP contribution is -2.10. The van der Waals surface area contributed by atoms with Gasteiger partial charge >= 0.3 is 5.97 Å². The van der Waals surface area contributed by atoms with E-state index in [1.165, 1.54) is 7.11 Å². The van der Waals surface area contributed by atoms with Crippen molar-refractivity contribution >= 4 is 17.9 Å². The van der Waals surface area contributed by atoms with Crippen LogP contribution in [0.4, 0.5) is 0 Å². The number of hydrogen-bond donors (Lipinski definition) is 2. The quantitative estimate of drug-likeness (QED) is 0.457. The maximum absolute atomic E-state index is 10.8. The van der Waals surface area contributed by atoms with Crippen molar-refractivity contribution in [2.75, 3.05) is 7.11 Å². The molecule has 0 unspecified atom stereocenters. The molecule has 0 aliphatic rings. The summed E-state index contributed by atoms with van der Waals surface area (Å²) in [6.45, 7) is 0. The highest BCUT2D eigenvalue weighted by Crippen LogP contribution is 2.07. The number of rotatable bonds is 4. The third-order valence-electron chi connectivity index (χ3n) is 2.02. The molecule has 16 heavy (non-hydrogen) atoms.